The molecule has 0 saturated heterocycles. The quantitative estimate of drug-likeness (QED) is 0.142. The topological polar surface area (TPSA) is 18.5 Å². The number of hydrogen-bond acceptors (Lipinski definition) is 2. The van der Waals surface area contributed by atoms with Crippen LogP contribution in [0.1, 0.15) is 110 Å². The summed E-state index contributed by atoms with van der Waals surface area (Å²) < 4.78 is 102. The largest absolute Gasteiger partial charge is 0.573 e. The molecule has 1 aromatic rings. The van der Waals surface area contributed by atoms with Crippen molar-refractivity contribution < 1.29 is 40.2 Å². The van der Waals surface area contributed by atoms with Crippen LogP contribution in [0.25, 0.3) is 0 Å². The fourth-order valence-electron chi connectivity index (χ4n) is 7.45. The third-order valence-electron chi connectivity index (χ3n) is 9.94. The zero-order valence-corrected chi connectivity index (χ0v) is 24.5. The Morgan fingerprint density at radius 1 is 0.690 bits per heavy atom. The first kappa shape index (κ1) is 33.0. The van der Waals surface area contributed by atoms with Gasteiger partial charge in [-0.05, 0) is 93.8 Å². The molecule has 0 amide bonds. The Morgan fingerprint density at radius 2 is 1.19 bits per heavy atom. The maximum Gasteiger partial charge on any atom is 0.573 e. The number of rotatable bonds is 11. The van der Waals surface area contributed by atoms with Crippen molar-refractivity contribution in [3.05, 3.63) is 35.9 Å². The Morgan fingerprint density at radius 3 is 1.69 bits per heavy atom. The highest BCUT2D eigenvalue weighted by Gasteiger charge is 2.44. The van der Waals surface area contributed by atoms with Gasteiger partial charge in [0.25, 0.3) is 0 Å². The fourth-order valence-corrected chi connectivity index (χ4v) is 7.45. The molecule has 0 aromatic heterocycles. The van der Waals surface area contributed by atoms with Gasteiger partial charge in [0, 0.05) is 12.1 Å². The molecule has 3 fully saturated rings. The number of ether oxygens (including phenoxy) is 2. The van der Waals surface area contributed by atoms with E-state index in [1.54, 1.807) is 0 Å². The average Bonchev–Trinajstić information content (AvgIpc) is 2.94. The number of allylic oxidation sites excluding steroid dienone is 2. The van der Waals surface area contributed by atoms with Crippen LogP contribution in [0.15, 0.2) is 24.3 Å². The van der Waals surface area contributed by atoms with E-state index in [1.807, 2.05) is 0 Å². The molecule has 0 N–H and O–H groups in total. The van der Waals surface area contributed by atoms with Gasteiger partial charge in [0.15, 0.2) is 11.6 Å². The van der Waals surface area contributed by atoms with E-state index in [2.05, 4.69) is 28.5 Å². The molecule has 3 saturated carbocycles. The molecule has 0 aliphatic heterocycles. The SMILES string of the molecule is CCCCCC1CCC(C2CCC(/C=C/C3CCC(C(F)(F)Oc4cc(F)c(OC(F)(F)F)c(F)c4)CC3)CC2)CC1. The van der Waals surface area contributed by atoms with Crippen LogP contribution in [0.2, 0.25) is 0 Å². The van der Waals surface area contributed by atoms with Crippen molar-refractivity contribution >= 4 is 0 Å². The molecule has 0 spiro atoms. The van der Waals surface area contributed by atoms with Crippen LogP contribution in [0.4, 0.5) is 30.7 Å². The number of benzene rings is 1. The van der Waals surface area contributed by atoms with Crippen LogP contribution < -0.4 is 9.47 Å². The summed E-state index contributed by atoms with van der Waals surface area (Å²) in [5, 5.41) is 0. The normalized spacial score (nSPS) is 29.5. The van der Waals surface area contributed by atoms with Gasteiger partial charge >= 0.3 is 12.5 Å². The van der Waals surface area contributed by atoms with E-state index in [0.717, 1.165) is 17.8 Å². The molecule has 0 radical (unpaired) electrons. The molecular weight excluding hydrogens is 561 g/mol. The van der Waals surface area contributed by atoms with Gasteiger partial charge in [-0.25, -0.2) is 8.78 Å². The monoisotopic (exact) mass is 606 g/mol. The predicted molar refractivity (Wildman–Crippen MR) is 148 cm³/mol. The lowest BCUT2D eigenvalue weighted by atomic mass is 9.68. The number of unbranched alkanes of at least 4 members (excludes halogenated alkanes) is 2. The first-order valence-electron chi connectivity index (χ1n) is 15.9. The Kier molecular flexibility index (Phi) is 11.5. The van der Waals surface area contributed by atoms with Crippen LogP contribution in [0.3, 0.4) is 0 Å². The first-order valence-corrected chi connectivity index (χ1v) is 15.9. The highest BCUT2D eigenvalue weighted by atomic mass is 19.4. The average molecular weight is 607 g/mol. The molecule has 0 heterocycles. The van der Waals surface area contributed by atoms with Gasteiger partial charge < -0.3 is 9.47 Å². The lowest BCUT2D eigenvalue weighted by Gasteiger charge is -2.37. The smallest absolute Gasteiger partial charge is 0.432 e. The van der Waals surface area contributed by atoms with Crippen molar-refractivity contribution in [3.8, 4) is 11.5 Å². The minimum Gasteiger partial charge on any atom is -0.432 e. The van der Waals surface area contributed by atoms with E-state index in [-0.39, 0.29) is 30.9 Å². The second kappa shape index (κ2) is 14.7. The molecular formula is C33H45F7O2. The first-order chi connectivity index (χ1) is 19.9. The predicted octanol–water partition coefficient (Wildman–Crippen LogP) is 11.4. The molecule has 1 aromatic carbocycles. The van der Waals surface area contributed by atoms with E-state index in [4.69, 9.17) is 0 Å². The molecule has 0 unspecified atom stereocenters. The number of alkyl halides is 5. The highest BCUT2D eigenvalue weighted by Crippen LogP contribution is 2.44. The fraction of sp³-hybridized carbons (Fsp3) is 0.758. The van der Waals surface area contributed by atoms with Gasteiger partial charge in [0.05, 0.1) is 5.92 Å². The summed E-state index contributed by atoms with van der Waals surface area (Å²) in [7, 11) is 0. The van der Waals surface area contributed by atoms with Crippen molar-refractivity contribution in [2.45, 2.75) is 122 Å². The molecule has 9 heteroatoms. The Labute approximate surface area is 245 Å². The van der Waals surface area contributed by atoms with E-state index in [1.165, 1.54) is 77.0 Å². The lowest BCUT2D eigenvalue weighted by Crippen LogP contribution is -2.37. The van der Waals surface area contributed by atoms with Crippen molar-refractivity contribution in [3.63, 3.8) is 0 Å². The summed E-state index contributed by atoms with van der Waals surface area (Å²) in [6, 6.07) is 0.557. The Bertz CT molecular complexity index is 977. The maximum atomic E-state index is 14.8. The second-order valence-corrected chi connectivity index (χ2v) is 12.9. The van der Waals surface area contributed by atoms with E-state index in [9.17, 15) is 30.7 Å². The van der Waals surface area contributed by atoms with E-state index >= 15 is 0 Å². The summed E-state index contributed by atoms with van der Waals surface area (Å²) in [6.07, 6.45) is 12.9. The van der Waals surface area contributed by atoms with Crippen molar-refractivity contribution in [1.82, 2.24) is 0 Å². The Hall–Kier alpha value is -1.93. The van der Waals surface area contributed by atoms with E-state index < -0.39 is 41.5 Å². The van der Waals surface area contributed by atoms with Crippen molar-refractivity contribution in [2.24, 2.45) is 35.5 Å². The minimum absolute atomic E-state index is 0.177. The zero-order chi connectivity index (χ0) is 30.3. The second-order valence-electron chi connectivity index (χ2n) is 12.9. The van der Waals surface area contributed by atoms with Gasteiger partial charge in [0.2, 0.25) is 5.75 Å². The molecule has 3 aliphatic rings. The molecule has 0 atom stereocenters. The van der Waals surface area contributed by atoms with Crippen LogP contribution in [-0.4, -0.2) is 12.5 Å². The van der Waals surface area contributed by atoms with Crippen LogP contribution in [0.5, 0.6) is 11.5 Å². The van der Waals surface area contributed by atoms with Gasteiger partial charge in [-0.2, -0.15) is 8.78 Å². The van der Waals surface area contributed by atoms with Crippen LogP contribution >= 0.6 is 0 Å². The van der Waals surface area contributed by atoms with Crippen molar-refractivity contribution in [1.29, 1.82) is 0 Å². The maximum absolute atomic E-state index is 14.8. The van der Waals surface area contributed by atoms with Gasteiger partial charge in [0.1, 0.15) is 5.75 Å². The van der Waals surface area contributed by atoms with Crippen LogP contribution in [0, 0.1) is 47.1 Å². The van der Waals surface area contributed by atoms with Crippen molar-refractivity contribution in [2.75, 3.05) is 0 Å². The summed E-state index contributed by atoms with van der Waals surface area (Å²) in [4.78, 5) is 0. The van der Waals surface area contributed by atoms with Gasteiger partial charge in [-0.1, -0.05) is 57.6 Å². The third kappa shape index (κ3) is 9.54. The highest BCUT2D eigenvalue weighted by molar-refractivity contribution is 5.35. The summed E-state index contributed by atoms with van der Waals surface area (Å²) in [5.41, 5.74) is 0. The van der Waals surface area contributed by atoms with Gasteiger partial charge in [-0.15, -0.1) is 13.2 Å². The summed E-state index contributed by atoms with van der Waals surface area (Å²) >= 11 is 0. The molecule has 3 aliphatic carbocycles. The summed E-state index contributed by atoms with van der Waals surface area (Å²) in [6.45, 7) is 2.26. The molecule has 4 rings (SSSR count). The van der Waals surface area contributed by atoms with E-state index in [0.29, 0.717) is 18.8 Å². The number of hydrogen-bond donors (Lipinski definition) is 0. The molecule has 2 nitrogen and oxygen atoms in total. The molecule has 42 heavy (non-hydrogen) atoms. The Balaban J connectivity index is 1.18. The molecule has 238 valence electrons. The number of halogens is 7. The standard InChI is InChI=1S/C33H45F7O2/c1-2-3-4-5-22-8-14-25(15-9-22)26-16-10-23(11-17-26)6-7-24-12-18-27(19-13-24)32(36,37)41-28-20-29(34)31(30(35)21-28)42-33(38,39)40/h6-7,20-27H,2-5,8-19H2,1H3/b7-6+. The van der Waals surface area contributed by atoms with Crippen LogP contribution in [-0.2, 0) is 0 Å². The lowest BCUT2D eigenvalue weighted by molar-refractivity contribution is -0.276. The summed E-state index contributed by atoms with van der Waals surface area (Å²) in [5.74, 6) is -3.88. The third-order valence-corrected chi connectivity index (χ3v) is 9.94. The molecule has 0 bridgehead atoms. The van der Waals surface area contributed by atoms with Gasteiger partial charge in [-0.3, -0.25) is 0 Å². The zero-order valence-electron chi connectivity index (χ0n) is 24.5. The minimum atomic E-state index is -5.33.